The van der Waals surface area contributed by atoms with E-state index in [1.807, 2.05) is 44.2 Å². The van der Waals surface area contributed by atoms with Crippen LogP contribution in [0, 0.1) is 11.7 Å². The molecule has 0 aliphatic rings. The van der Waals surface area contributed by atoms with Gasteiger partial charge in [-0.25, -0.2) is 13.9 Å². The quantitative estimate of drug-likeness (QED) is 0.346. The van der Waals surface area contributed by atoms with E-state index in [1.54, 1.807) is 10.6 Å². The van der Waals surface area contributed by atoms with Gasteiger partial charge in [-0.3, -0.25) is 9.36 Å². The van der Waals surface area contributed by atoms with Crippen LogP contribution in [-0.2, 0) is 17.9 Å². The molecule has 4 rings (SSSR count). The van der Waals surface area contributed by atoms with E-state index >= 15 is 0 Å². The first-order valence-corrected chi connectivity index (χ1v) is 12.2. The van der Waals surface area contributed by atoms with Crippen LogP contribution in [0.3, 0.4) is 0 Å². The van der Waals surface area contributed by atoms with Gasteiger partial charge in [-0.1, -0.05) is 55.8 Å². The molecule has 2 aromatic carbocycles. The molecule has 2 heterocycles. The highest BCUT2D eigenvalue weighted by molar-refractivity contribution is 7.22. The second-order valence-corrected chi connectivity index (χ2v) is 10.2. The molecule has 0 fully saturated rings. The van der Waals surface area contributed by atoms with Gasteiger partial charge in [0.05, 0.1) is 16.5 Å². The Labute approximate surface area is 205 Å². The Bertz CT molecular complexity index is 1360. The number of fused-ring (bicyclic) bond motifs is 1. The van der Waals surface area contributed by atoms with E-state index in [4.69, 9.17) is 11.6 Å². The van der Waals surface area contributed by atoms with Crippen LogP contribution in [0.25, 0.3) is 20.8 Å². The summed E-state index contributed by atoms with van der Waals surface area (Å²) in [6, 6.07) is 14.4. The van der Waals surface area contributed by atoms with Gasteiger partial charge in [-0.05, 0) is 35.1 Å². The summed E-state index contributed by atoms with van der Waals surface area (Å²) in [5.74, 6) is -1.03. The van der Waals surface area contributed by atoms with Crippen molar-refractivity contribution in [3.8, 4) is 10.7 Å². The smallest absolute Gasteiger partial charge is 0.346 e. The molecule has 6 nitrogen and oxygen atoms in total. The van der Waals surface area contributed by atoms with Crippen molar-refractivity contribution in [2.75, 3.05) is 6.61 Å². The van der Waals surface area contributed by atoms with E-state index in [9.17, 15) is 19.1 Å². The summed E-state index contributed by atoms with van der Waals surface area (Å²) >= 11 is 7.39. The van der Waals surface area contributed by atoms with Gasteiger partial charge in [0.2, 0.25) is 0 Å². The van der Waals surface area contributed by atoms with Gasteiger partial charge < -0.3 is 5.11 Å². The van der Waals surface area contributed by atoms with E-state index in [-0.39, 0.29) is 40.9 Å². The number of benzene rings is 2. The van der Waals surface area contributed by atoms with Gasteiger partial charge in [-0.15, -0.1) is 16.4 Å². The molecule has 0 radical (unpaired) electrons. The summed E-state index contributed by atoms with van der Waals surface area (Å²) in [6.45, 7) is 3.79. The minimum Gasteiger partial charge on any atom is -0.396 e. The molecule has 0 bridgehead atoms. The van der Waals surface area contributed by atoms with Gasteiger partial charge in [-0.2, -0.15) is 0 Å². The molecule has 4 aromatic rings. The van der Waals surface area contributed by atoms with Crippen LogP contribution >= 0.6 is 22.9 Å². The number of nitrogens with zero attached hydrogens (tertiary/aromatic N) is 3. The Balaban J connectivity index is 1.63. The number of thiophene rings is 1. The summed E-state index contributed by atoms with van der Waals surface area (Å²) in [4.78, 5) is 26.9. The molecule has 1 unspecified atom stereocenters. The molecular weight excluding hydrogens is 477 g/mol. The summed E-state index contributed by atoms with van der Waals surface area (Å²) in [5.41, 5.74) is -0.198. The van der Waals surface area contributed by atoms with Crippen LogP contribution in [0.5, 0.6) is 0 Å². The Morgan fingerprint density at radius 1 is 1.21 bits per heavy atom. The number of rotatable bonds is 9. The maximum absolute atomic E-state index is 14.4. The topological polar surface area (TPSA) is 77.1 Å². The summed E-state index contributed by atoms with van der Waals surface area (Å²) < 4.78 is 18.3. The second kappa shape index (κ2) is 10.2. The lowest BCUT2D eigenvalue weighted by Gasteiger charge is -2.15. The Morgan fingerprint density at radius 2 is 1.97 bits per heavy atom. The fourth-order valence-corrected chi connectivity index (χ4v) is 5.20. The van der Waals surface area contributed by atoms with Crippen molar-refractivity contribution in [1.29, 1.82) is 0 Å². The molecule has 0 amide bonds. The third-order valence-corrected chi connectivity index (χ3v) is 6.96. The number of carbonyl (C=O) groups is 1. The number of hydrogen-bond donors (Lipinski definition) is 1. The maximum atomic E-state index is 14.4. The Kier molecular flexibility index (Phi) is 7.30. The van der Waals surface area contributed by atoms with Crippen molar-refractivity contribution in [2.24, 2.45) is 5.92 Å². The molecule has 2 aromatic heterocycles. The molecule has 34 heavy (non-hydrogen) atoms. The monoisotopic (exact) mass is 501 g/mol. The van der Waals surface area contributed by atoms with Crippen molar-refractivity contribution in [3.63, 3.8) is 0 Å². The number of aliphatic hydroxyl groups excluding tert-OH is 1. The number of ketones is 1. The molecule has 0 aliphatic carbocycles. The number of Topliss-reactive ketones (excluding diaryl/α,β-unsaturated/α-hetero) is 1. The molecule has 0 saturated carbocycles. The largest absolute Gasteiger partial charge is 0.396 e. The lowest BCUT2D eigenvalue weighted by Crippen LogP contribution is -2.29. The van der Waals surface area contributed by atoms with Gasteiger partial charge in [0.25, 0.3) is 0 Å². The minimum atomic E-state index is -0.762. The average Bonchev–Trinajstić information content (AvgIpc) is 3.36. The predicted molar refractivity (Wildman–Crippen MR) is 133 cm³/mol. The van der Waals surface area contributed by atoms with Crippen molar-refractivity contribution in [3.05, 3.63) is 75.4 Å². The molecular formula is C25H25ClFN3O3S. The Hall–Kier alpha value is -2.81. The summed E-state index contributed by atoms with van der Waals surface area (Å²) in [5, 5.41) is 15.3. The zero-order valence-corrected chi connectivity index (χ0v) is 20.4. The summed E-state index contributed by atoms with van der Waals surface area (Å²) in [7, 11) is 0. The highest BCUT2D eigenvalue weighted by atomic mass is 35.5. The highest BCUT2D eigenvalue weighted by Gasteiger charge is 2.23. The van der Waals surface area contributed by atoms with Crippen LogP contribution in [0.4, 0.5) is 4.39 Å². The summed E-state index contributed by atoms with van der Waals surface area (Å²) in [6.07, 6.45) is -0.143. The molecule has 9 heteroatoms. The van der Waals surface area contributed by atoms with Crippen LogP contribution in [0.1, 0.15) is 31.7 Å². The molecule has 0 saturated heterocycles. The van der Waals surface area contributed by atoms with Crippen molar-refractivity contribution in [2.45, 2.75) is 39.3 Å². The second-order valence-electron chi connectivity index (χ2n) is 8.68. The average molecular weight is 502 g/mol. The molecule has 0 spiro atoms. The van der Waals surface area contributed by atoms with Gasteiger partial charge in [0.1, 0.15) is 12.4 Å². The third kappa shape index (κ3) is 4.99. The van der Waals surface area contributed by atoms with Crippen LogP contribution in [-0.4, -0.2) is 31.8 Å². The first-order valence-electron chi connectivity index (χ1n) is 11.0. The highest BCUT2D eigenvalue weighted by Crippen LogP contribution is 2.32. The van der Waals surface area contributed by atoms with E-state index < -0.39 is 18.3 Å². The van der Waals surface area contributed by atoms with Crippen LogP contribution in [0.2, 0.25) is 5.02 Å². The Morgan fingerprint density at radius 3 is 2.68 bits per heavy atom. The van der Waals surface area contributed by atoms with E-state index in [0.29, 0.717) is 12.4 Å². The maximum Gasteiger partial charge on any atom is 0.346 e. The molecule has 1 atom stereocenters. The lowest BCUT2D eigenvalue weighted by atomic mass is 9.94. The van der Waals surface area contributed by atoms with Gasteiger partial charge in [0.15, 0.2) is 11.6 Å². The fraction of sp³-hybridized carbons (Fsp3) is 0.320. The van der Waals surface area contributed by atoms with Crippen molar-refractivity contribution >= 4 is 38.8 Å². The van der Waals surface area contributed by atoms with E-state index in [0.717, 1.165) is 19.6 Å². The number of aromatic nitrogens is 3. The SMILES string of the molecule is CC(C)Cn1c(-c2cc3ccccc3s2)nn(CC(=O)CC(CO)c2cccc(Cl)c2F)c1=O. The third-order valence-electron chi connectivity index (χ3n) is 5.56. The van der Waals surface area contributed by atoms with E-state index in [2.05, 4.69) is 5.10 Å². The van der Waals surface area contributed by atoms with Crippen molar-refractivity contribution in [1.82, 2.24) is 14.3 Å². The first kappa shape index (κ1) is 24.3. The number of carbonyl (C=O) groups excluding carboxylic acids is 1. The fourth-order valence-electron chi connectivity index (χ4n) is 3.96. The number of halogens is 2. The van der Waals surface area contributed by atoms with Crippen molar-refractivity contribution < 1.29 is 14.3 Å². The normalized spacial score (nSPS) is 12.5. The predicted octanol–water partition coefficient (Wildman–Crippen LogP) is 5.11. The first-order chi connectivity index (χ1) is 16.3. The zero-order valence-electron chi connectivity index (χ0n) is 18.9. The van der Waals surface area contributed by atoms with Crippen LogP contribution < -0.4 is 5.69 Å². The van der Waals surface area contributed by atoms with Gasteiger partial charge >= 0.3 is 5.69 Å². The molecule has 178 valence electrons. The number of aliphatic hydroxyl groups is 1. The van der Waals surface area contributed by atoms with Crippen LogP contribution in [0.15, 0.2) is 53.3 Å². The standard InChI is InChI=1S/C25H25ClFN3O3S/c1-15(2)12-29-24(22-11-16-6-3-4-9-21(16)34-22)28-30(25(29)33)13-18(32)10-17(14-31)19-7-5-8-20(26)23(19)27/h3-9,11,15,17,31H,10,12-14H2,1-2H3. The minimum absolute atomic E-state index is 0.0694. The van der Waals surface area contributed by atoms with Gasteiger partial charge in [0, 0.05) is 23.6 Å². The molecule has 1 N–H and O–H groups in total. The van der Waals surface area contributed by atoms with E-state index in [1.165, 1.54) is 23.5 Å². The lowest BCUT2D eigenvalue weighted by molar-refractivity contribution is -0.120. The molecule has 0 aliphatic heterocycles. The zero-order chi connectivity index (χ0) is 24.4. The number of hydrogen-bond acceptors (Lipinski definition) is 5.